The summed E-state index contributed by atoms with van der Waals surface area (Å²) in [6.45, 7) is 0. The number of benzene rings is 5. The van der Waals surface area contributed by atoms with Gasteiger partial charge >= 0.3 is 0 Å². The van der Waals surface area contributed by atoms with E-state index in [1.54, 1.807) is 0 Å². The molecule has 0 bridgehead atoms. The number of pyridine rings is 1. The normalized spacial score (nSPS) is 11.7. The van der Waals surface area contributed by atoms with Gasteiger partial charge in [-0.25, -0.2) is 4.98 Å². The zero-order valence-corrected chi connectivity index (χ0v) is 20.6. The lowest BCUT2D eigenvalue weighted by molar-refractivity contribution is 1.08. The molecule has 0 unspecified atom stereocenters. The van der Waals surface area contributed by atoms with E-state index in [-0.39, 0.29) is 0 Å². The maximum atomic E-state index is 4.88. The van der Waals surface area contributed by atoms with E-state index in [0.717, 1.165) is 16.9 Å². The number of hydrogen-bond donors (Lipinski definition) is 0. The molecule has 178 valence electrons. The van der Waals surface area contributed by atoms with E-state index in [1.807, 2.05) is 6.20 Å². The van der Waals surface area contributed by atoms with Crippen LogP contribution in [0, 0.1) is 0 Å². The first-order valence-electron chi connectivity index (χ1n) is 12.9. The molecule has 5 aromatic carbocycles. The lowest BCUT2D eigenvalue weighted by atomic mass is 10.0. The summed E-state index contributed by atoms with van der Waals surface area (Å²) in [6.07, 6.45) is 4.08. The third-order valence-electron chi connectivity index (χ3n) is 7.58. The van der Waals surface area contributed by atoms with E-state index in [9.17, 15) is 0 Å². The second kappa shape index (κ2) is 8.19. The second-order valence-electron chi connectivity index (χ2n) is 9.74. The number of nitrogens with zero attached hydrogens (tertiary/aromatic N) is 3. The molecule has 38 heavy (non-hydrogen) atoms. The highest BCUT2D eigenvalue weighted by Gasteiger charge is 2.17. The lowest BCUT2D eigenvalue weighted by Crippen LogP contribution is -1.98. The van der Waals surface area contributed by atoms with Gasteiger partial charge in [-0.2, -0.15) is 0 Å². The molecule has 8 rings (SSSR count). The van der Waals surface area contributed by atoms with Crippen LogP contribution in [0.1, 0.15) is 0 Å². The average molecular weight is 486 g/mol. The fourth-order valence-corrected chi connectivity index (χ4v) is 5.82. The molecule has 0 radical (unpaired) electrons. The molecule has 0 fully saturated rings. The SMILES string of the molecule is c1ccc(-c2ccnc(-n3c4ccccc4c4ccc5cc6c(ccn6-c6ccccc6)cc5c43)c2)cc1. The van der Waals surface area contributed by atoms with Gasteiger partial charge in [0.2, 0.25) is 0 Å². The monoisotopic (exact) mass is 485 g/mol. The van der Waals surface area contributed by atoms with Gasteiger partial charge < -0.3 is 4.57 Å². The first-order chi connectivity index (χ1) is 18.8. The quantitative estimate of drug-likeness (QED) is 0.245. The molecule has 8 aromatic rings. The average Bonchev–Trinajstić information content (AvgIpc) is 3.56. The van der Waals surface area contributed by atoms with Crippen molar-refractivity contribution in [3.8, 4) is 22.6 Å². The largest absolute Gasteiger partial charge is 0.317 e. The molecular weight excluding hydrogens is 462 g/mol. The van der Waals surface area contributed by atoms with Gasteiger partial charge in [-0.3, -0.25) is 4.57 Å². The number of aromatic nitrogens is 3. The number of rotatable bonds is 3. The summed E-state index contributed by atoms with van der Waals surface area (Å²) in [5, 5.41) is 6.13. The molecule has 3 heteroatoms. The van der Waals surface area contributed by atoms with Crippen molar-refractivity contribution < 1.29 is 0 Å². The zero-order chi connectivity index (χ0) is 25.1. The Bertz CT molecular complexity index is 2120. The van der Waals surface area contributed by atoms with Crippen LogP contribution in [0.5, 0.6) is 0 Å². The molecule has 3 heterocycles. The van der Waals surface area contributed by atoms with Gasteiger partial charge in [0, 0.05) is 39.6 Å². The van der Waals surface area contributed by atoms with Crippen molar-refractivity contribution in [1.29, 1.82) is 0 Å². The molecule has 0 saturated carbocycles. The van der Waals surface area contributed by atoms with Gasteiger partial charge in [-0.15, -0.1) is 0 Å². The summed E-state index contributed by atoms with van der Waals surface area (Å²) in [6, 6.07) is 45.3. The molecule has 0 aliphatic heterocycles. The number of hydrogen-bond acceptors (Lipinski definition) is 1. The Kier molecular flexibility index (Phi) is 4.52. The smallest absolute Gasteiger partial charge is 0.138 e. The van der Waals surface area contributed by atoms with Crippen molar-refractivity contribution in [3.05, 3.63) is 140 Å². The Morgan fingerprint density at radius 3 is 2.16 bits per heavy atom. The van der Waals surface area contributed by atoms with Crippen LogP contribution in [-0.4, -0.2) is 14.1 Å². The number of para-hydroxylation sites is 2. The molecule has 3 nitrogen and oxygen atoms in total. The summed E-state index contributed by atoms with van der Waals surface area (Å²) < 4.78 is 4.60. The molecule has 0 aliphatic carbocycles. The van der Waals surface area contributed by atoms with Crippen molar-refractivity contribution in [3.63, 3.8) is 0 Å². The molecule has 0 N–H and O–H groups in total. The van der Waals surface area contributed by atoms with Crippen molar-refractivity contribution in [2.75, 3.05) is 0 Å². The minimum absolute atomic E-state index is 0.923. The Balaban J connectivity index is 1.44. The number of fused-ring (bicyclic) bond motifs is 6. The Labute approximate surface area is 219 Å². The predicted octanol–water partition coefficient (Wildman–Crippen LogP) is 8.94. The van der Waals surface area contributed by atoms with Crippen LogP contribution in [-0.2, 0) is 0 Å². The molecule has 0 aliphatic rings. The van der Waals surface area contributed by atoms with E-state index >= 15 is 0 Å². The first kappa shape index (κ1) is 21.0. The molecule has 0 amide bonds. The third kappa shape index (κ3) is 3.12. The first-order valence-corrected chi connectivity index (χ1v) is 12.9. The summed E-state index contributed by atoms with van der Waals surface area (Å²) in [5.41, 5.74) is 7.06. The molecule has 0 atom stereocenters. The summed E-state index contributed by atoms with van der Waals surface area (Å²) in [7, 11) is 0. The lowest BCUT2D eigenvalue weighted by Gasteiger charge is -2.11. The zero-order valence-electron chi connectivity index (χ0n) is 20.6. The van der Waals surface area contributed by atoms with Gasteiger partial charge in [0.15, 0.2) is 0 Å². The Morgan fingerprint density at radius 2 is 1.29 bits per heavy atom. The van der Waals surface area contributed by atoms with Crippen LogP contribution in [0.25, 0.3) is 66.1 Å². The third-order valence-corrected chi connectivity index (χ3v) is 7.58. The minimum Gasteiger partial charge on any atom is -0.317 e. The maximum Gasteiger partial charge on any atom is 0.138 e. The molecule has 3 aromatic heterocycles. The van der Waals surface area contributed by atoms with Crippen molar-refractivity contribution in [1.82, 2.24) is 14.1 Å². The van der Waals surface area contributed by atoms with E-state index in [0.29, 0.717) is 0 Å². The van der Waals surface area contributed by atoms with Crippen LogP contribution in [0.2, 0.25) is 0 Å². The maximum absolute atomic E-state index is 4.88. The van der Waals surface area contributed by atoms with E-state index < -0.39 is 0 Å². The van der Waals surface area contributed by atoms with Gasteiger partial charge in [-0.1, -0.05) is 78.9 Å². The van der Waals surface area contributed by atoms with Crippen LogP contribution in [0.15, 0.2) is 140 Å². The predicted molar refractivity (Wildman–Crippen MR) is 158 cm³/mol. The van der Waals surface area contributed by atoms with Crippen LogP contribution >= 0.6 is 0 Å². The van der Waals surface area contributed by atoms with Crippen molar-refractivity contribution in [2.24, 2.45) is 0 Å². The Morgan fingerprint density at radius 1 is 0.500 bits per heavy atom. The second-order valence-corrected chi connectivity index (χ2v) is 9.74. The fraction of sp³-hybridized carbons (Fsp3) is 0. The fourth-order valence-electron chi connectivity index (χ4n) is 5.82. The van der Waals surface area contributed by atoms with E-state index in [1.165, 1.54) is 49.2 Å². The highest BCUT2D eigenvalue weighted by Crippen LogP contribution is 2.38. The summed E-state index contributed by atoms with van der Waals surface area (Å²) in [5.74, 6) is 0.923. The van der Waals surface area contributed by atoms with Crippen LogP contribution in [0.3, 0.4) is 0 Å². The van der Waals surface area contributed by atoms with Gasteiger partial charge in [0.25, 0.3) is 0 Å². The standard InChI is InChI=1S/C35H23N3/c1-3-9-24(10-4-1)25-17-19-36-34(23-25)38-32-14-8-7-13-29(32)30-16-15-26-22-33-27(21-31(26)35(30)38)18-20-37(33)28-11-5-2-6-12-28/h1-23H. The topological polar surface area (TPSA) is 22.8 Å². The van der Waals surface area contributed by atoms with Gasteiger partial charge in [0.1, 0.15) is 5.82 Å². The van der Waals surface area contributed by atoms with Crippen molar-refractivity contribution in [2.45, 2.75) is 0 Å². The van der Waals surface area contributed by atoms with Crippen molar-refractivity contribution >= 4 is 43.5 Å². The molecular formula is C35H23N3. The van der Waals surface area contributed by atoms with E-state index in [2.05, 4.69) is 143 Å². The molecule has 0 saturated heterocycles. The van der Waals surface area contributed by atoms with Gasteiger partial charge in [0.05, 0.1) is 16.6 Å². The van der Waals surface area contributed by atoms with Gasteiger partial charge in [-0.05, 0) is 65.0 Å². The summed E-state index contributed by atoms with van der Waals surface area (Å²) >= 11 is 0. The highest BCUT2D eigenvalue weighted by atomic mass is 15.1. The minimum atomic E-state index is 0.923. The molecule has 0 spiro atoms. The van der Waals surface area contributed by atoms with Crippen LogP contribution in [0.4, 0.5) is 0 Å². The summed E-state index contributed by atoms with van der Waals surface area (Å²) in [4.78, 5) is 4.88. The highest BCUT2D eigenvalue weighted by molar-refractivity contribution is 6.20. The van der Waals surface area contributed by atoms with Crippen LogP contribution < -0.4 is 0 Å². The Hall–Kier alpha value is -5.15. The van der Waals surface area contributed by atoms with E-state index in [4.69, 9.17) is 4.98 Å².